The highest BCUT2D eigenvalue weighted by Gasteiger charge is 2.28. The molecule has 3 nitrogen and oxygen atoms in total. The molecular weight excluding hydrogens is 188 g/mol. The maximum atomic E-state index is 12.1. The second-order valence-electron chi connectivity index (χ2n) is 4.61. The molecule has 1 aliphatic rings. The number of carbonyl (C=O) groups is 1. The largest absolute Gasteiger partial charge is 0.341 e. The molecule has 1 unspecified atom stereocenters. The van der Waals surface area contributed by atoms with E-state index >= 15 is 0 Å². The molecule has 1 aliphatic heterocycles. The zero-order valence-electron chi connectivity index (χ0n) is 10.0. The van der Waals surface area contributed by atoms with E-state index in [1.165, 1.54) is 0 Å². The van der Waals surface area contributed by atoms with E-state index in [4.69, 9.17) is 5.73 Å². The second kappa shape index (κ2) is 6.11. The van der Waals surface area contributed by atoms with Crippen molar-refractivity contribution in [2.45, 2.75) is 52.0 Å². The molecule has 0 saturated carbocycles. The Labute approximate surface area is 93.0 Å². The van der Waals surface area contributed by atoms with Crippen LogP contribution in [0.1, 0.15) is 46.0 Å². The summed E-state index contributed by atoms with van der Waals surface area (Å²) in [6, 6.07) is 0.206. The first kappa shape index (κ1) is 12.5. The Morgan fingerprint density at radius 1 is 1.40 bits per heavy atom. The fourth-order valence-electron chi connectivity index (χ4n) is 2.33. The number of nitrogens with two attached hydrogens (primary N) is 1. The molecule has 0 aromatic heterocycles. The molecule has 0 aromatic rings. The van der Waals surface area contributed by atoms with Crippen LogP contribution < -0.4 is 5.73 Å². The Morgan fingerprint density at radius 2 is 2.00 bits per heavy atom. The van der Waals surface area contributed by atoms with Crippen LogP contribution in [0.15, 0.2) is 0 Å². The average molecular weight is 212 g/mol. The Hall–Kier alpha value is -0.570. The summed E-state index contributed by atoms with van der Waals surface area (Å²) < 4.78 is 0. The minimum absolute atomic E-state index is 0.206. The smallest absolute Gasteiger partial charge is 0.225 e. The lowest BCUT2D eigenvalue weighted by Crippen LogP contribution is -2.36. The van der Waals surface area contributed by atoms with Gasteiger partial charge in [-0.15, -0.1) is 0 Å². The summed E-state index contributed by atoms with van der Waals surface area (Å²) in [5.41, 5.74) is 5.82. The van der Waals surface area contributed by atoms with Crippen LogP contribution in [-0.4, -0.2) is 29.9 Å². The van der Waals surface area contributed by atoms with E-state index in [0.29, 0.717) is 5.91 Å². The SMILES string of the molecule is CCCC(CCC)C(=O)N1CCC(N)C1. The molecule has 2 N–H and O–H groups in total. The van der Waals surface area contributed by atoms with Crippen molar-refractivity contribution in [3.05, 3.63) is 0 Å². The Morgan fingerprint density at radius 3 is 2.40 bits per heavy atom. The first-order valence-corrected chi connectivity index (χ1v) is 6.23. The molecule has 15 heavy (non-hydrogen) atoms. The van der Waals surface area contributed by atoms with Crippen molar-refractivity contribution in [1.29, 1.82) is 0 Å². The van der Waals surface area contributed by atoms with Gasteiger partial charge in [-0.2, -0.15) is 0 Å². The molecule has 0 spiro atoms. The van der Waals surface area contributed by atoms with Gasteiger partial charge in [0.15, 0.2) is 0 Å². The predicted molar refractivity (Wildman–Crippen MR) is 62.5 cm³/mol. The lowest BCUT2D eigenvalue weighted by Gasteiger charge is -2.22. The van der Waals surface area contributed by atoms with Crippen LogP contribution >= 0.6 is 0 Å². The third-order valence-corrected chi connectivity index (χ3v) is 3.16. The molecule has 0 aliphatic carbocycles. The lowest BCUT2D eigenvalue weighted by molar-refractivity contribution is -0.135. The van der Waals surface area contributed by atoms with Crippen molar-refractivity contribution in [2.75, 3.05) is 13.1 Å². The molecule has 1 rings (SSSR count). The number of rotatable bonds is 5. The van der Waals surface area contributed by atoms with Crippen molar-refractivity contribution in [2.24, 2.45) is 11.7 Å². The van der Waals surface area contributed by atoms with Gasteiger partial charge >= 0.3 is 0 Å². The Bertz CT molecular complexity index is 200. The number of carbonyl (C=O) groups excluding carboxylic acids is 1. The molecule has 1 fully saturated rings. The number of hydrogen-bond acceptors (Lipinski definition) is 2. The third kappa shape index (κ3) is 3.49. The minimum atomic E-state index is 0.206. The molecule has 0 aromatic carbocycles. The molecule has 1 saturated heterocycles. The molecule has 0 radical (unpaired) electrons. The van der Waals surface area contributed by atoms with Gasteiger partial charge < -0.3 is 10.6 Å². The first-order valence-electron chi connectivity index (χ1n) is 6.23. The van der Waals surface area contributed by atoms with Crippen molar-refractivity contribution >= 4 is 5.91 Å². The molecule has 3 heteroatoms. The van der Waals surface area contributed by atoms with E-state index in [1.54, 1.807) is 0 Å². The highest BCUT2D eigenvalue weighted by molar-refractivity contribution is 5.79. The van der Waals surface area contributed by atoms with Crippen molar-refractivity contribution in [3.63, 3.8) is 0 Å². The summed E-state index contributed by atoms with van der Waals surface area (Å²) in [5.74, 6) is 0.581. The zero-order chi connectivity index (χ0) is 11.3. The number of hydrogen-bond donors (Lipinski definition) is 1. The topological polar surface area (TPSA) is 46.3 Å². The summed E-state index contributed by atoms with van der Waals surface area (Å²) in [6.07, 6.45) is 5.21. The van der Waals surface area contributed by atoms with Crippen LogP contribution in [0.2, 0.25) is 0 Å². The zero-order valence-corrected chi connectivity index (χ0v) is 10.0. The van der Waals surface area contributed by atoms with Gasteiger partial charge in [-0.05, 0) is 19.3 Å². The van der Waals surface area contributed by atoms with Crippen LogP contribution in [0, 0.1) is 5.92 Å². The van der Waals surface area contributed by atoms with E-state index < -0.39 is 0 Å². The molecule has 1 heterocycles. The normalized spacial score (nSPS) is 21.3. The monoisotopic (exact) mass is 212 g/mol. The number of amides is 1. The van der Waals surface area contributed by atoms with E-state index in [0.717, 1.165) is 45.2 Å². The van der Waals surface area contributed by atoms with E-state index in [9.17, 15) is 4.79 Å². The van der Waals surface area contributed by atoms with Crippen LogP contribution in [0.25, 0.3) is 0 Å². The van der Waals surface area contributed by atoms with Gasteiger partial charge in [-0.25, -0.2) is 0 Å². The first-order chi connectivity index (χ1) is 7.19. The van der Waals surface area contributed by atoms with Crippen molar-refractivity contribution < 1.29 is 4.79 Å². The quantitative estimate of drug-likeness (QED) is 0.755. The summed E-state index contributed by atoms with van der Waals surface area (Å²) in [6.45, 7) is 5.92. The van der Waals surface area contributed by atoms with Crippen molar-refractivity contribution in [1.82, 2.24) is 4.90 Å². The highest BCUT2D eigenvalue weighted by atomic mass is 16.2. The van der Waals surface area contributed by atoms with Gasteiger partial charge in [-0.1, -0.05) is 26.7 Å². The Kier molecular flexibility index (Phi) is 5.09. The molecule has 88 valence electrons. The standard InChI is InChI=1S/C12H24N2O/c1-3-5-10(6-4-2)12(15)14-8-7-11(13)9-14/h10-11H,3-9,13H2,1-2H3. The second-order valence-corrected chi connectivity index (χ2v) is 4.61. The van der Waals surface area contributed by atoms with Gasteiger partial charge in [0.1, 0.15) is 0 Å². The highest BCUT2D eigenvalue weighted by Crippen LogP contribution is 2.19. The number of nitrogens with zero attached hydrogens (tertiary/aromatic N) is 1. The van der Waals surface area contributed by atoms with Gasteiger partial charge in [0.05, 0.1) is 0 Å². The van der Waals surface area contributed by atoms with Crippen molar-refractivity contribution in [3.8, 4) is 0 Å². The maximum Gasteiger partial charge on any atom is 0.225 e. The average Bonchev–Trinajstić information content (AvgIpc) is 2.63. The maximum absolute atomic E-state index is 12.1. The Balaban J connectivity index is 2.47. The predicted octanol–water partition coefficient (Wildman–Crippen LogP) is 1.76. The fraction of sp³-hybridized carbons (Fsp3) is 0.917. The van der Waals surface area contributed by atoms with Gasteiger partial charge in [0, 0.05) is 25.0 Å². The van der Waals surface area contributed by atoms with E-state index in [1.807, 2.05) is 4.90 Å². The fourth-order valence-corrected chi connectivity index (χ4v) is 2.33. The van der Waals surface area contributed by atoms with Crippen LogP contribution in [0.4, 0.5) is 0 Å². The molecular formula is C12H24N2O. The molecule has 1 atom stereocenters. The third-order valence-electron chi connectivity index (χ3n) is 3.16. The van der Waals surface area contributed by atoms with Crippen LogP contribution in [-0.2, 0) is 4.79 Å². The number of likely N-dealkylation sites (tertiary alicyclic amines) is 1. The minimum Gasteiger partial charge on any atom is -0.341 e. The van der Waals surface area contributed by atoms with Crippen LogP contribution in [0.5, 0.6) is 0 Å². The summed E-state index contributed by atoms with van der Waals surface area (Å²) in [5, 5.41) is 0. The van der Waals surface area contributed by atoms with E-state index in [2.05, 4.69) is 13.8 Å². The van der Waals surface area contributed by atoms with Gasteiger partial charge in [0.25, 0.3) is 0 Å². The molecule has 1 amide bonds. The van der Waals surface area contributed by atoms with Gasteiger partial charge in [0.2, 0.25) is 5.91 Å². The summed E-state index contributed by atoms with van der Waals surface area (Å²) >= 11 is 0. The molecule has 0 bridgehead atoms. The van der Waals surface area contributed by atoms with E-state index in [-0.39, 0.29) is 12.0 Å². The lowest BCUT2D eigenvalue weighted by atomic mass is 9.97. The van der Waals surface area contributed by atoms with Crippen LogP contribution in [0.3, 0.4) is 0 Å². The summed E-state index contributed by atoms with van der Waals surface area (Å²) in [7, 11) is 0. The summed E-state index contributed by atoms with van der Waals surface area (Å²) in [4.78, 5) is 14.1. The van der Waals surface area contributed by atoms with Gasteiger partial charge in [-0.3, -0.25) is 4.79 Å².